The van der Waals surface area contributed by atoms with Gasteiger partial charge in [0.2, 0.25) is 0 Å². The Kier molecular flexibility index (Phi) is 6.85. The number of ether oxygens (including phenoxy) is 1. The zero-order valence-corrected chi connectivity index (χ0v) is 15.4. The summed E-state index contributed by atoms with van der Waals surface area (Å²) in [4.78, 5) is 35.2. The monoisotopic (exact) mass is 389 g/mol. The summed E-state index contributed by atoms with van der Waals surface area (Å²) in [6.45, 7) is 2.85. The average Bonchev–Trinajstić information content (AvgIpc) is 2.61. The molecule has 0 heterocycles. The van der Waals surface area contributed by atoms with Gasteiger partial charge >= 0.3 is 5.97 Å². The molecule has 2 aromatic carbocycles. The number of benzene rings is 2. The van der Waals surface area contributed by atoms with Gasteiger partial charge in [-0.15, -0.1) is 0 Å². The normalized spacial score (nSPS) is 11.9. The molecular formula is C20H17ClFNO4. The highest BCUT2D eigenvalue weighted by Crippen LogP contribution is 2.20. The van der Waals surface area contributed by atoms with Gasteiger partial charge in [-0.2, -0.15) is 0 Å². The number of hydrogen-bond donors (Lipinski definition) is 1. The molecule has 1 amide bonds. The number of hydrogen-bond acceptors (Lipinski definition) is 4. The van der Waals surface area contributed by atoms with Crippen molar-refractivity contribution in [3.63, 3.8) is 0 Å². The van der Waals surface area contributed by atoms with Crippen LogP contribution in [0.2, 0.25) is 5.02 Å². The first-order valence-corrected chi connectivity index (χ1v) is 8.40. The van der Waals surface area contributed by atoms with E-state index in [-0.39, 0.29) is 16.4 Å². The minimum absolute atomic E-state index is 0.0544. The number of carbonyl (C=O) groups is 3. The molecule has 0 spiro atoms. The van der Waals surface area contributed by atoms with E-state index in [9.17, 15) is 18.8 Å². The molecule has 1 N–H and O–H groups in total. The van der Waals surface area contributed by atoms with E-state index in [1.54, 1.807) is 24.3 Å². The summed E-state index contributed by atoms with van der Waals surface area (Å²) in [5, 5.41) is 2.72. The second-order valence-corrected chi connectivity index (χ2v) is 6.08. The third-order valence-corrected chi connectivity index (χ3v) is 3.94. The molecule has 7 heteroatoms. The van der Waals surface area contributed by atoms with Gasteiger partial charge in [-0.3, -0.25) is 9.59 Å². The van der Waals surface area contributed by atoms with Gasteiger partial charge in [0.05, 0.1) is 5.02 Å². The standard InChI is InChI=1S/C20H17ClFNO4/c1-12(24)14-6-8-15(9-7-14)23-20(26)13(2)27-19(25)11-10-16-17(21)4-3-5-18(16)22/h3-11,13H,1-2H3,(H,23,26)/b11-10+. The third-order valence-electron chi connectivity index (χ3n) is 3.61. The number of ketones is 1. The van der Waals surface area contributed by atoms with Gasteiger partial charge in [0, 0.05) is 22.9 Å². The zero-order chi connectivity index (χ0) is 20.0. The van der Waals surface area contributed by atoms with Crippen LogP contribution in [0.25, 0.3) is 6.08 Å². The minimum atomic E-state index is -1.08. The Morgan fingerprint density at radius 1 is 1.15 bits per heavy atom. The van der Waals surface area contributed by atoms with Crippen LogP contribution in [0.3, 0.4) is 0 Å². The van der Waals surface area contributed by atoms with Crippen molar-refractivity contribution in [1.29, 1.82) is 0 Å². The molecule has 27 heavy (non-hydrogen) atoms. The minimum Gasteiger partial charge on any atom is -0.449 e. The molecular weight excluding hydrogens is 373 g/mol. The molecule has 0 saturated carbocycles. The highest BCUT2D eigenvalue weighted by atomic mass is 35.5. The van der Waals surface area contributed by atoms with Gasteiger partial charge in [0.15, 0.2) is 11.9 Å². The molecule has 140 valence electrons. The van der Waals surface area contributed by atoms with Crippen LogP contribution in [0.4, 0.5) is 10.1 Å². The highest BCUT2D eigenvalue weighted by Gasteiger charge is 2.17. The summed E-state index contributed by atoms with van der Waals surface area (Å²) in [7, 11) is 0. The van der Waals surface area contributed by atoms with Crippen molar-refractivity contribution in [1.82, 2.24) is 0 Å². The summed E-state index contributed by atoms with van der Waals surface area (Å²) in [5.41, 5.74) is 1.03. The Balaban J connectivity index is 1.94. The van der Waals surface area contributed by atoms with Gasteiger partial charge in [-0.25, -0.2) is 9.18 Å². The lowest BCUT2D eigenvalue weighted by atomic mass is 10.1. The summed E-state index contributed by atoms with van der Waals surface area (Å²) in [6.07, 6.45) is 1.10. The summed E-state index contributed by atoms with van der Waals surface area (Å²) < 4.78 is 18.6. The lowest BCUT2D eigenvalue weighted by Crippen LogP contribution is -2.29. The van der Waals surface area contributed by atoms with Crippen LogP contribution >= 0.6 is 11.6 Å². The van der Waals surface area contributed by atoms with E-state index < -0.39 is 23.8 Å². The Hall–Kier alpha value is -2.99. The van der Waals surface area contributed by atoms with E-state index >= 15 is 0 Å². The van der Waals surface area contributed by atoms with E-state index in [4.69, 9.17) is 16.3 Å². The van der Waals surface area contributed by atoms with Gasteiger partial charge < -0.3 is 10.1 Å². The van der Waals surface area contributed by atoms with Gasteiger partial charge in [0.1, 0.15) is 5.82 Å². The molecule has 0 saturated heterocycles. The first kappa shape index (κ1) is 20.3. The lowest BCUT2D eigenvalue weighted by molar-refractivity contribution is -0.148. The van der Waals surface area contributed by atoms with Crippen LogP contribution in [0.5, 0.6) is 0 Å². The van der Waals surface area contributed by atoms with Crippen LogP contribution in [-0.4, -0.2) is 23.8 Å². The Bertz CT molecular complexity index is 873. The van der Waals surface area contributed by atoms with E-state index in [1.165, 1.54) is 38.1 Å². The number of nitrogens with one attached hydrogen (secondary N) is 1. The van der Waals surface area contributed by atoms with Gasteiger partial charge in [-0.05, 0) is 56.3 Å². The topological polar surface area (TPSA) is 72.5 Å². The van der Waals surface area contributed by atoms with E-state index in [0.29, 0.717) is 11.3 Å². The SMILES string of the molecule is CC(=O)c1ccc(NC(=O)C(C)OC(=O)/C=C/c2c(F)cccc2Cl)cc1. The quantitative estimate of drug-likeness (QED) is 0.455. The number of anilines is 1. The fourth-order valence-electron chi connectivity index (χ4n) is 2.12. The predicted octanol–water partition coefficient (Wildman–Crippen LogP) is 4.27. The summed E-state index contributed by atoms with van der Waals surface area (Å²) in [5.74, 6) is -2.02. The highest BCUT2D eigenvalue weighted by molar-refractivity contribution is 6.32. The van der Waals surface area contributed by atoms with Crippen molar-refractivity contribution in [3.05, 3.63) is 70.5 Å². The van der Waals surface area contributed by atoms with Gasteiger partial charge in [-0.1, -0.05) is 17.7 Å². The Morgan fingerprint density at radius 2 is 1.81 bits per heavy atom. The molecule has 2 aromatic rings. The Labute approximate surface area is 160 Å². The fraction of sp³-hybridized carbons (Fsp3) is 0.150. The first-order valence-electron chi connectivity index (χ1n) is 8.02. The summed E-state index contributed by atoms with van der Waals surface area (Å²) in [6, 6.07) is 10.5. The van der Waals surface area contributed by atoms with Crippen LogP contribution in [0.15, 0.2) is 48.5 Å². The number of Topliss-reactive ketones (excluding diaryl/α,β-unsaturated/α-hetero) is 1. The molecule has 0 aliphatic rings. The van der Waals surface area contributed by atoms with E-state index in [1.807, 2.05) is 0 Å². The molecule has 1 atom stereocenters. The predicted molar refractivity (Wildman–Crippen MR) is 101 cm³/mol. The van der Waals surface area contributed by atoms with Crippen molar-refractivity contribution in [2.75, 3.05) is 5.32 Å². The van der Waals surface area contributed by atoms with Crippen LogP contribution < -0.4 is 5.32 Å². The largest absolute Gasteiger partial charge is 0.449 e. The maximum absolute atomic E-state index is 13.6. The average molecular weight is 390 g/mol. The zero-order valence-electron chi connectivity index (χ0n) is 14.7. The number of carbonyl (C=O) groups excluding carboxylic acids is 3. The van der Waals surface area contributed by atoms with Crippen molar-refractivity contribution in [3.8, 4) is 0 Å². The molecule has 2 rings (SSSR count). The van der Waals surface area contributed by atoms with Crippen LogP contribution in [0.1, 0.15) is 29.8 Å². The van der Waals surface area contributed by atoms with Gasteiger partial charge in [0.25, 0.3) is 5.91 Å². The second kappa shape index (κ2) is 9.09. The van der Waals surface area contributed by atoms with Crippen molar-refractivity contribution < 1.29 is 23.5 Å². The van der Waals surface area contributed by atoms with E-state index in [0.717, 1.165) is 6.08 Å². The third kappa shape index (κ3) is 5.76. The lowest BCUT2D eigenvalue weighted by Gasteiger charge is -2.12. The van der Waals surface area contributed by atoms with Crippen LogP contribution in [0, 0.1) is 5.82 Å². The number of rotatable bonds is 6. The van der Waals surface area contributed by atoms with Crippen LogP contribution in [-0.2, 0) is 14.3 Å². The number of amides is 1. The maximum Gasteiger partial charge on any atom is 0.331 e. The first-order chi connectivity index (χ1) is 12.8. The molecule has 0 aliphatic carbocycles. The van der Waals surface area contributed by atoms with Crippen molar-refractivity contribution in [2.45, 2.75) is 20.0 Å². The molecule has 0 bridgehead atoms. The Morgan fingerprint density at radius 3 is 2.41 bits per heavy atom. The molecule has 1 unspecified atom stereocenters. The smallest absolute Gasteiger partial charge is 0.331 e. The molecule has 5 nitrogen and oxygen atoms in total. The van der Waals surface area contributed by atoms with Crippen molar-refractivity contribution in [2.24, 2.45) is 0 Å². The number of esters is 1. The number of halogens is 2. The van der Waals surface area contributed by atoms with E-state index in [2.05, 4.69) is 5.32 Å². The second-order valence-electron chi connectivity index (χ2n) is 5.67. The molecule has 0 aliphatic heterocycles. The van der Waals surface area contributed by atoms with Crippen molar-refractivity contribution >= 4 is 41.0 Å². The summed E-state index contributed by atoms with van der Waals surface area (Å²) >= 11 is 5.86. The molecule has 0 aromatic heterocycles. The fourth-order valence-corrected chi connectivity index (χ4v) is 2.35. The molecule has 0 fully saturated rings. The molecule has 0 radical (unpaired) electrons. The maximum atomic E-state index is 13.6.